The quantitative estimate of drug-likeness (QED) is 0.926. The van der Waals surface area contributed by atoms with E-state index in [4.69, 9.17) is 16.3 Å². The molecular formula is C18H19ClN2O2. The number of halogens is 1. The minimum atomic E-state index is -0.0456. The number of nitrogens with zero attached hydrogens (tertiary/aromatic N) is 1. The average molecular weight is 331 g/mol. The van der Waals surface area contributed by atoms with Crippen LogP contribution in [0.2, 0.25) is 5.02 Å². The molecule has 1 aromatic carbocycles. The molecule has 1 aliphatic rings. The Labute approximate surface area is 140 Å². The number of carbonyl (C=O) groups is 1. The third-order valence-corrected chi connectivity index (χ3v) is 4.29. The summed E-state index contributed by atoms with van der Waals surface area (Å²) in [5, 5.41) is 3.72. The first-order valence-corrected chi connectivity index (χ1v) is 8.22. The molecular weight excluding hydrogens is 312 g/mol. The van der Waals surface area contributed by atoms with Crippen molar-refractivity contribution in [2.45, 2.75) is 37.8 Å². The molecule has 1 aliphatic carbocycles. The molecule has 4 nitrogen and oxygen atoms in total. The van der Waals surface area contributed by atoms with Crippen LogP contribution in [0.4, 0.5) is 0 Å². The molecule has 1 N–H and O–H groups in total. The predicted molar refractivity (Wildman–Crippen MR) is 89.8 cm³/mol. The number of nitrogens with one attached hydrogen (secondary N) is 1. The van der Waals surface area contributed by atoms with E-state index in [2.05, 4.69) is 10.3 Å². The number of rotatable bonds is 4. The van der Waals surface area contributed by atoms with Crippen molar-refractivity contribution in [3.8, 4) is 5.88 Å². The molecule has 0 unspecified atom stereocenters. The topological polar surface area (TPSA) is 51.2 Å². The summed E-state index contributed by atoms with van der Waals surface area (Å²) >= 11 is 5.84. The zero-order chi connectivity index (χ0) is 16.1. The molecule has 0 atom stereocenters. The standard InChI is InChI=1S/C18H19ClN2O2/c19-14-6-4-13(5-7-14)18(22)21-15-8-10-16(11-9-15)23-17-3-1-2-12-20-17/h1-7,12,15-16H,8-11H2,(H,21,22). The van der Waals surface area contributed by atoms with Gasteiger partial charge in [0.05, 0.1) is 0 Å². The SMILES string of the molecule is O=C(NC1CCC(Oc2ccccn2)CC1)c1ccc(Cl)cc1. The highest BCUT2D eigenvalue weighted by Crippen LogP contribution is 2.23. The first kappa shape index (κ1) is 15.8. The van der Waals surface area contributed by atoms with Gasteiger partial charge in [0.15, 0.2) is 0 Å². The van der Waals surface area contributed by atoms with Crippen LogP contribution in [-0.4, -0.2) is 23.0 Å². The van der Waals surface area contributed by atoms with Crippen LogP contribution in [-0.2, 0) is 0 Å². The number of aromatic nitrogens is 1. The third-order valence-electron chi connectivity index (χ3n) is 4.04. The molecule has 23 heavy (non-hydrogen) atoms. The second-order valence-electron chi connectivity index (χ2n) is 5.74. The Balaban J connectivity index is 1.47. The van der Waals surface area contributed by atoms with Gasteiger partial charge >= 0.3 is 0 Å². The van der Waals surface area contributed by atoms with Gasteiger partial charge in [-0.15, -0.1) is 0 Å². The number of hydrogen-bond acceptors (Lipinski definition) is 3. The normalized spacial score (nSPS) is 20.7. The van der Waals surface area contributed by atoms with Gasteiger partial charge in [0, 0.05) is 28.9 Å². The van der Waals surface area contributed by atoms with Crippen molar-refractivity contribution < 1.29 is 9.53 Å². The van der Waals surface area contributed by atoms with Crippen LogP contribution in [0.1, 0.15) is 36.0 Å². The van der Waals surface area contributed by atoms with Gasteiger partial charge in [0.1, 0.15) is 6.10 Å². The summed E-state index contributed by atoms with van der Waals surface area (Å²) in [5.41, 5.74) is 0.640. The molecule has 5 heteroatoms. The molecule has 0 aliphatic heterocycles. The fraction of sp³-hybridized carbons (Fsp3) is 0.333. The van der Waals surface area contributed by atoms with E-state index < -0.39 is 0 Å². The van der Waals surface area contributed by atoms with E-state index in [1.807, 2.05) is 18.2 Å². The summed E-state index contributed by atoms with van der Waals surface area (Å²) in [7, 11) is 0. The fourth-order valence-electron chi connectivity index (χ4n) is 2.78. The highest BCUT2D eigenvalue weighted by atomic mass is 35.5. The van der Waals surface area contributed by atoms with Gasteiger partial charge in [-0.25, -0.2) is 4.98 Å². The zero-order valence-electron chi connectivity index (χ0n) is 12.7. The van der Waals surface area contributed by atoms with E-state index in [0.717, 1.165) is 25.7 Å². The Hall–Kier alpha value is -2.07. The van der Waals surface area contributed by atoms with Crippen molar-refractivity contribution in [1.29, 1.82) is 0 Å². The first-order valence-electron chi connectivity index (χ1n) is 7.85. The lowest BCUT2D eigenvalue weighted by Gasteiger charge is -2.29. The number of carbonyl (C=O) groups excluding carboxylic acids is 1. The Morgan fingerprint density at radius 1 is 1.09 bits per heavy atom. The smallest absolute Gasteiger partial charge is 0.251 e. The second-order valence-corrected chi connectivity index (χ2v) is 6.18. The van der Waals surface area contributed by atoms with E-state index in [9.17, 15) is 4.79 Å². The van der Waals surface area contributed by atoms with Crippen molar-refractivity contribution in [2.24, 2.45) is 0 Å². The van der Waals surface area contributed by atoms with E-state index in [-0.39, 0.29) is 18.1 Å². The van der Waals surface area contributed by atoms with E-state index in [0.29, 0.717) is 16.5 Å². The van der Waals surface area contributed by atoms with Crippen LogP contribution in [0, 0.1) is 0 Å². The lowest BCUT2D eigenvalue weighted by molar-refractivity contribution is 0.0890. The maximum atomic E-state index is 12.2. The molecule has 1 amide bonds. The summed E-state index contributed by atoms with van der Waals surface area (Å²) in [5.74, 6) is 0.622. The molecule has 3 rings (SSSR count). The number of pyridine rings is 1. The molecule has 120 valence electrons. The molecule has 1 fully saturated rings. The summed E-state index contributed by atoms with van der Waals surface area (Å²) < 4.78 is 5.87. The number of hydrogen-bond donors (Lipinski definition) is 1. The van der Waals surface area contributed by atoms with Gasteiger partial charge in [0.25, 0.3) is 5.91 Å². The molecule has 2 aromatic rings. The summed E-state index contributed by atoms with van der Waals surface area (Å²) in [4.78, 5) is 16.4. The highest BCUT2D eigenvalue weighted by molar-refractivity contribution is 6.30. The third kappa shape index (κ3) is 4.45. The monoisotopic (exact) mass is 330 g/mol. The number of ether oxygens (including phenoxy) is 1. The van der Waals surface area contributed by atoms with Gasteiger partial charge in [-0.2, -0.15) is 0 Å². The Morgan fingerprint density at radius 2 is 1.83 bits per heavy atom. The fourth-order valence-corrected chi connectivity index (χ4v) is 2.91. The summed E-state index contributed by atoms with van der Waals surface area (Å²) in [6.45, 7) is 0. The van der Waals surface area contributed by atoms with E-state index in [1.54, 1.807) is 30.5 Å². The highest BCUT2D eigenvalue weighted by Gasteiger charge is 2.24. The Kier molecular flexibility index (Phi) is 5.13. The number of amides is 1. The molecule has 0 spiro atoms. The molecule has 1 heterocycles. The van der Waals surface area contributed by atoms with Crippen molar-refractivity contribution in [3.05, 3.63) is 59.2 Å². The molecule has 0 radical (unpaired) electrons. The minimum Gasteiger partial charge on any atom is -0.474 e. The van der Waals surface area contributed by atoms with Gasteiger partial charge in [0.2, 0.25) is 5.88 Å². The van der Waals surface area contributed by atoms with Crippen molar-refractivity contribution >= 4 is 17.5 Å². The van der Waals surface area contributed by atoms with Crippen molar-refractivity contribution in [1.82, 2.24) is 10.3 Å². The summed E-state index contributed by atoms with van der Waals surface area (Å²) in [6, 6.07) is 12.8. The van der Waals surface area contributed by atoms with Crippen LogP contribution in [0.15, 0.2) is 48.7 Å². The van der Waals surface area contributed by atoms with Crippen molar-refractivity contribution in [2.75, 3.05) is 0 Å². The van der Waals surface area contributed by atoms with Gasteiger partial charge < -0.3 is 10.1 Å². The van der Waals surface area contributed by atoms with Crippen LogP contribution in [0.5, 0.6) is 5.88 Å². The van der Waals surface area contributed by atoms with Crippen molar-refractivity contribution in [3.63, 3.8) is 0 Å². The summed E-state index contributed by atoms with van der Waals surface area (Å²) in [6.07, 6.45) is 5.57. The molecule has 1 saturated carbocycles. The van der Waals surface area contributed by atoms with Gasteiger partial charge in [-0.05, 0) is 56.0 Å². The average Bonchev–Trinajstić information content (AvgIpc) is 2.58. The number of benzene rings is 1. The largest absolute Gasteiger partial charge is 0.474 e. The van der Waals surface area contributed by atoms with E-state index >= 15 is 0 Å². The van der Waals surface area contributed by atoms with Crippen LogP contribution >= 0.6 is 11.6 Å². The van der Waals surface area contributed by atoms with Crippen LogP contribution in [0.3, 0.4) is 0 Å². The van der Waals surface area contributed by atoms with Crippen LogP contribution in [0.25, 0.3) is 0 Å². The first-order chi connectivity index (χ1) is 11.2. The molecule has 1 aromatic heterocycles. The molecule has 0 bridgehead atoms. The Morgan fingerprint density at radius 3 is 2.48 bits per heavy atom. The second kappa shape index (κ2) is 7.47. The lowest BCUT2D eigenvalue weighted by Crippen LogP contribution is -2.39. The maximum Gasteiger partial charge on any atom is 0.251 e. The zero-order valence-corrected chi connectivity index (χ0v) is 13.5. The lowest BCUT2D eigenvalue weighted by atomic mass is 9.92. The van der Waals surface area contributed by atoms with E-state index in [1.165, 1.54) is 0 Å². The molecule has 0 saturated heterocycles. The van der Waals surface area contributed by atoms with Crippen LogP contribution < -0.4 is 10.1 Å². The van der Waals surface area contributed by atoms with Gasteiger partial charge in [-0.3, -0.25) is 4.79 Å². The maximum absolute atomic E-state index is 12.2. The predicted octanol–water partition coefficient (Wildman–Crippen LogP) is 3.86. The Bertz CT molecular complexity index is 638. The minimum absolute atomic E-state index is 0.0456. The van der Waals surface area contributed by atoms with Gasteiger partial charge in [-0.1, -0.05) is 17.7 Å².